The summed E-state index contributed by atoms with van der Waals surface area (Å²) < 4.78 is 0. The molecule has 1 fully saturated rings. The Morgan fingerprint density at radius 1 is 1.44 bits per heavy atom. The number of benzene rings is 1. The maximum Gasteiger partial charge on any atom is 0.248 e. The van der Waals surface area contributed by atoms with Crippen LogP contribution in [-0.2, 0) is 6.54 Å². The smallest absolute Gasteiger partial charge is 0.248 e. The molecule has 0 aromatic heterocycles. The van der Waals surface area contributed by atoms with Gasteiger partial charge in [0.1, 0.15) is 0 Å². The number of primary amides is 1. The van der Waals surface area contributed by atoms with E-state index in [4.69, 9.17) is 11.5 Å². The monoisotopic (exact) mass is 269 g/mol. The molecule has 0 radical (unpaired) electrons. The van der Waals surface area contributed by atoms with Gasteiger partial charge in [-0.15, -0.1) is 12.4 Å². The van der Waals surface area contributed by atoms with Crippen molar-refractivity contribution >= 4 is 18.3 Å². The zero-order chi connectivity index (χ0) is 12.3. The summed E-state index contributed by atoms with van der Waals surface area (Å²) in [5.74, 6) is -0.373. The second-order valence-electron chi connectivity index (χ2n) is 4.70. The number of halogens is 1. The number of hydrogen-bond donors (Lipinski definition) is 2. The van der Waals surface area contributed by atoms with Gasteiger partial charge >= 0.3 is 0 Å². The summed E-state index contributed by atoms with van der Waals surface area (Å²) in [4.78, 5) is 13.4. The third-order valence-corrected chi connectivity index (χ3v) is 3.16. The zero-order valence-electron chi connectivity index (χ0n) is 10.3. The molecule has 1 atom stereocenters. The zero-order valence-corrected chi connectivity index (χ0v) is 11.2. The molecular formula is C13H20ClN3O. The van der Waals surface area contributed by atoms with Crippen molar-refractivity contribution in [2.75, 3.05) is 13.1 Å². The number of likely N-dealkylation sites (tertiary alicyclic amines) is 1. The van der Waals surface area contributed by atoms with E-state index >= 15 is 0 Å². The lowest BCUT2D eigenvalue weighted by atomic mass is 10.0. The molecule has 1 aliphatic heterocycles. The summed E-state index contributed by atoms with van der Waals surface area (Å²) in [6.45, 7) is 2.85. The molecule has 1 unspecified atom stereocenters. The lowest BCUT2D eigenvalue weighted by molar-refractivity contribution is 0.1000. The van der Waals surface area contributed by atoms with Crippen molar-refractivity contribution in [3.63, 3.8) is 0 Å². The molecule has 1 aromatic carbocycles. The van der Waals surface area contributed by atoms with E-state index in [-0.39, 0.29) is 24.4 Å². The molecule has 2 rings (SSSR count). The number of carbonyl (C=O) groups excluding carboxylic acids is 1. The van der Waals surface area contributed by atoms with Crippen LogP contribution in [0.2, 0.25) is 0 Å². The molecule has 100 valence electrons. The Labute approximate surface area is 114 Å². The molecule has 0 bridgehead atoms. The standard InChI is InChI=1S/C13H19N3O.ClH/c14-12-5-2-6-16(9-12)8-10-3-1-4-11(7-10)13(15)17;/h1,3-4,7,12H,2,5-6,8-9,14H2,(H2,15,17);1H. The van der Waals surface area contributed by atoms with E-state index in [0.29, 0.717) is 5.56 Å². The molecule has 0 saturated carbocycles. The van der Waals surface area contributed by atoms with Crippen LogP contribution in [-0.4, -0.2) is 29.9 Å². The van der Waals surface area contributed by atoms with Crippen LogP contribution in [0.5, 0.6) is 0 Å². The predicted octanol–water partition coefficient (Wildman–Crippen LogP) is 1.13. The first kappa shape index (κ1) is 15.0. The van der Waals surface area contributed by atoms with Gasteiger partial charge in [0, 0.05) is 24.7 Å². The number of hydrogen-bond acceptors (Lipinski definition) is 3. The highest BCUT2D eigenvalue weighted by atomic mass is 35.5. The number of piperidine rings is 1. The Morgan fingerprint density at radius 3 is 2.89 bits per heavy atom. The van der Waals surface area contributed by atoms with Crippen LogP contribution in [0.15, 0.2) is 24.3 Å². The number of nitrogens with zero attached hydrogens (tertiary/aromatic N) is 1. The third-order valence-electron chi connectivity index (χ3n) is 3.16. The average Bonchev–Trinajstić information content (AvgIpc) is 2.29. The Balaban J connectivity index is 0.00000162. The largest absolute Gasteiger partial charge is 0.366 e. The minimum Gasteiger partial charge on any atom is -0.366 e. The Morgan fingerprint density at radius 2 is 2.22 bits per heavy atom. The van der Waals surface area contributed by atoms with Crippen molar-refractivity contribution in [2.24, 2.45) is 11.5 Å². The van der Waals surface area contributed by atoms with Crippen molar-refractivity contribution in [3.8, 4) is 0 Å². The molecule has 4 N–H and O–H groups in total. The van der Waals surface area contributed by atoms with Gasteiger partial charge in [0.05, 0.1) is 0 Å². The molecule has 0 spiro atoms. The van der Waals surface area contributed by atoms with E-state index in [0.717, 1.165) is 38.0 Å². The molecule has 0 aliphatic carbocycles. The van der Waals surface area contributed by atoms with Crippen LogP contribution in [0.25, 0.3) is 0 Å². The van der Waals surface area contributed by atoms with Crippen LogP contribution in [0.4, 0.5) is 0 Å². The molecule has 4 nitrogen and oxygen atoms in total. The maximum atomic E-state index is 11.1. The molecule has 1 aromatic rings. The van der Waals surface area contributed by atoms with Crippen molar-refractivity contribution < 1.29 is 4.79 Å². The van der Waals surface area contributed by atoms with Gasteiger partial charge in [-0.25, -0.2) is 0 Å². The highest BCUT2D eigenvalue weighted by Gasteiger charge is 2.16. The van der Waals surface area contributed by atoms with Crippen LogP contribution in [0.1, 0.15) is 28.8 Å². The summed E-state index contributed by atoms with van der Waals surface area (Å²) in [6.07, 6.45) is 2.26. The SMILES string of the molecule is Cl.NC(=O)c1cccc(CN2CCCC(N)C2)c1. The van der Waals surface area contributed by atoms with E-state index in [2.05, 4.69) is 4.90 Å². The quantitative estimate of drug-likeness (QED) is 0.864. The fourth-order valence-corrected chi connectivity index (χ4v) is 2.32. The minimum atomic E-state index is -0.373. The number of rotatable bonds is 3. The fraction of sp³-hybridized carbons (Fsp3) is 0.462. The average molecular weight is 270 g/mol. The molecular weight excluding hydrogens is 250 g/mol. The van der Waals surface area contributed by atoms with Gasteiger partial charge in [0.25, 0.3) is 0 Å². The third kappa shape index (κ3) is 3.98. The summed E-state index contributed by atoms with van der Waals surface area (Å²) in [6, 6.07) is 7.78. The fourth-order valence-electron chi connectivity index (χ4n) is 2.32. The van der Waals surface area contributed by atoms with Gasteiger partial charge < -0.3 is 11.5 Å². The maximum absolute atomic E-state index is 11.1. The first-order chi connectivity index (χ1) is 8.15. The van der Waals surface area contributed by atoms with Crippen LogP contribution in [0, 0.1) is 0 Å². The summed E-state index contributed by atoms with van der Waals surface area (Å²) >= 11 is 0. The summed E-state index contributed by atoms with van der Waals surface area (Å²) in [7, 11) is 0. The summed E-state index contributed by atoms with van der Waals surface area (Å²) in [5, 5.41) is 0. The molecule has 1 aliphatic rings. The van der Waals surface area contributed by atoms with Crippen LogP contribution < -0.4 is 11.5 Å². The predicted molar refractivity (Wildman–Crippen MR) is 74.7 cm³/mol. The number of nitrogens with two attached hydrogens (primary N) is 2. The molecule has 1 amide bonds. The Hall–Kier alpha value is -1.10. The van der Waals surface area contributed by atoms with Gasteiger partial charge in [-0.2, -0.15) is 0 Å². The molecule has 1 heterocycles. The van der Waals surface area contributed by atoms with Crippen molar-refractivity contribution in [3.05, 3.63) is 35.4 Å². The van der Waals surface area contributed by atoms with Crippen molar-refractivity contribution in [1.29, 1.82) is 0 Å². The van der Waals surface area contributed by atoms with Crippen LogP contribution in [0.3, 0.4) is 0 Å². The molecule has 5 heteroatoms. The van der Waals surface area contributed by atoms with E-state index in [1.807, 2.05) is 18.2 Å². The Bertz CT molecular complexity index is 411. The molecule has 18 heavy (non-hydrogen) atoms. The molecule has 1 saturated heterocycles. The van der Waals surface area contributed by atoms with E-state index in [1.165, 1.54) is 0 Å². The number of amides is 1. The highest BCUT2D eigenvalue weighted by molar-refractivity contribution is 5.92. The van der Waals surface area contributed by atoms with Gasteiger partial charge in [-0.1, -0.05) is 12.1 Å². The lowest BCUT2D eigenvalue weighted by Gasteiger charge is -2.30. The first-order valence-electron chi connectivity index (χ1n) is 6.02. The van der Waals surface area contributed by atoms with Crippen LogP contribution >= 0.6 is 12.4 Å². The van der Waals surface area contributed by atoms with Crippen molar-refractivity contribution in [2.45, 2.75) is 25.4 Å². The second-order valence-corrected chi connectivity index (χ2v) is 4.70. The normalized spacial score (nSPS) is 20.2. The van der Waals surface area contributed by atoms with E-state index in [1.54, 1.807) is 6.07 Å². The van der Waals surface area contributed by atoms with Crippen molar-refractivity contribution in [1.82, 2.24) is 4.90 Å². The van der Waals surface area contributed by atoms with E-state index < -0.39 is 0 Å². The number of carbonyl (C=O) groups is 1. The second kappa shape index (κ2) is 6.73. The summed E-state index contributed by atoms with van der Waals surface area (Å²) in [5.41, 5.74) is 12.9. The van der Waals surface area contributed by atoms with E-state index in [9.17, 15) is 4.79 Å². The first-order valence-corrected chi connectivity index (χ1v) is 6.02. The van der Waals surface area contributed by atoms with Gasteiger partial charge in [0.2, 0.25) is 5.91 Å². The topological polar surface area (TPSA) is 72.4 Å². The van der Waals surface area contributed by atoms with Gasteiger partial charge in [-0.05, 0) is 37.1 Å². The Kier molecular flexibility index (Phi) is 5.59. The lowest BCUT2D eigenvalue weighted by Crippen LogP contribution is -2.42. The minimum absolute atomic E-state index is 0. The van der Waals surface area contributed by atoms with Gasteiger partial charge in [-0.3, -0.25) is 9.69 Å². The van der Waals surface area contributed by atoms with Gasteiger partial charge in [0.15, 0.2) is 0 Å². The highest BCUT2D eigenvalue weighted by Crippen LogP contribution is 2.13.